The lowest BCUT2D eigenvalue weighted by Crippen LogP contribution is -2.49. The molecule has 1 saturated heterocycles. The third-order valence-corrected chi connectivity index (χ3v) is 2.15. The number of amides is 1. The summed E-state index contributed by atoms with van der Waals surface area (Å²) < 4.78 is 18.0. The van der Waals surface area contributed by atoms with Crippen molar-refractivity contribution >= 4 is 6.09 Å². The largest absolute Gasteiger partial charge is 0.444 e. The maximum Gasteiger partial charge on any atom is 0.410 e. The number of carbonyl (C=O) groups excluding carboxylic acids is 1. The molecule has 1 aliphatic rings. The number of aliphatic hydroxyl groups is 1. The number of halogens is 1. The molecule has 0 aromatic carbocycles. The maximum absolute atomic E-state index is 12.9. The van der Waals surface area contributed by atoms with Crippen LogP contribution in [0.4, 0.5) is 9.18 Å². The van der Waals surface area contributed by atoms with Crippen LogP contribution in [0.2, 0.25) is 0 Å². The van der Waals surface area contributed by atoms with E-state index in [9.17, 15) is 14.3 Å². The molecule has 1 rings (SSSR count). The first kappa shape index (κ1) is 12.2. The van der Waals surface area contributed by atoms with Crippen LogP contribution in [0, 0.1) is 0 Å². The normalized spacial score (nSPS) is 27.7. The molecule has 0 saturated carbocycles. The number of aliphatic hydroxyl groups excluding tert-OH is 1. The lowest BCUT2D eigenvalue weighted by atomic mass is 10.1. The summed E-state index contributed by atoms with van der Waals surface area (Å²) in [5, 5.41) is 9.27. The van der Waals surface area contributed by atoms with Crippen LogP contribution < -0.4 is 0 Å². The molecule has 0 aliphatic carbocycles. The maximum atomic E-state index is 12.9. The molecule has 0 aromatic rings. The zero-order valence-corrected chi connectivity index (χ0v) is 9.36. The second-order valence-corrected chi connectivity index (χ2v) is 4.80. The van der Waals surface area contributed by atoms with Gasteiger partial charge in [0.25, 0.3) is 0 Å². The molecule has 1 N–H and O–H groups in total. The van der Waals surface area contributed by atoms with Crippen LogP contribution in [0.25, 0.3) is 0 Å². The van der Waals surface area contributed by atoms with Crippen molar-refractivity contribution in [1.29, 1.82) is 0 Å². The second kappa shape index (κ2) is 4.35. The molecule has 1 fully saturated rings. The van der Waals surface area contributed by atoms with E-state index in [2.05, 4.69) is 0 Å². The number of β-amino-alcohol motifs (C(OH)–C–C–N with tert-alkyl or cyclic N) is 1. The third kappa shape index (κ3) is 3.66. The SMILES string of the molecule is CC(C)(C)OC(=O)N1CC[C@@H](F)[C@H](O)C1. The molecule has 0 bridgehead atoms. The monoisotopic (exact) mass is 219 g/mol. The zero-order chi connectivity index (χ0) is 11.6. The van der Waals surface area contributed by atoms with Crippen molar-refractivity contribution in [3.05, 3.63) is 0 Å². The van der Waals surface area contributed by atoms with Crippen molar-refractivity contribution in [2.24, 2.45) is 0 Å². The van der Waals surface area contributed by atoms with E-state index in [1.807, 2.05) is 0 Å². The van der Waals surface area contributed by atoms with Gasteiger partial charge in [0.2, 0.25) is 0 Å². The van der Waals surface area contributed by atoms with Gasteiger partial charge in [-0.2, -0.15) is 0 Å². The second-order valence-electron chi connectivity index (χ2n) is 4.80. The highest BCUT2D eigenvalue weighted by Crippen LogP contribution is 2.17. The van der Waals surface area contributed by atoms with Crippen LogP contribution in [-0.2, 0) is 4.74 Å². The highest BCUT2D eigenvalue weighted by Gasteiger charge is 2.32. The summed E-state index contributed by atoms with van der Waals surface area (Å²) in [5.74, 6) is 0. The Morgan fingerprint density at radius 2 is 2.13 bits per heavy atom. The molecule has 88 valence electrons. The number of hydrogen-bond donors (Lipinski definition) is 1. The van der Waals surface area contributed by atoms with Crippen molar-refractivity contribution in [2.45, 2.75) is 45.1 Å². The molecule has 1 amide bonds. The average Bonchev–Trinajstić information content (AvgIpc) is 2.06. The summed E-state index contributed by atoms with van der Waals surface area (Å²) in [4.78, 5) is 12.9. The minimum Gasteiger partial charge on any atom is -0.444 e. The van der Waals surface area contributed by atoms with E-state index < -0.39 is 24.0 Å². The van der Waals surface area contributed by atoms with Gasteiger partial charge in [0.15, 0.2) is 0 Å². The van der Waals surface area contributed by atoms with Crippen molar-refractivity contribution in [2.75, 3.05) is 13.1 Å². The first-order chi connectivity index (χ1) is 6.79. The summed E-state index contributed by atoms with van der Waals surface area (Å²) in [6, 6.07) is 0. The predicted octanol–water partition coefficient (Wildman–Crippen LogP) is 1.33. The van der Waals surface area contributed by atoms with Crippen LogP contribution in [0.3, 0.4) is 0 Å². The Hall–Kier alpha value is -0.840. The number of nitrogens with zero attached hydrogens (tertiary/aromatic N) is 1. The Labute approximate surface area is 89.0 Å². The van der Waals surface area contributed by atoms with Gasteiger partial charge in [-0.3, -0.25) is 0 Å². The lowest BCUT2D eigenvalue weighted by Gasteiger charge is -2.33. The van der Waals surface area contributed by atoms with Gasteiger partial charge in [-0.25, -0.2) is 9.18 Å². The number of carbonyl (C=O) groups is 1. The lowest BCUT2D eigenvalue weighted by molar-refractivity contribution is -0.0203. The molecule has 0 spiro atoms. The Kier molecular flexibility index (Phi) is 3.54. The molecular formula is C10H18FNO3. The molecular weight excluding hydrogens is 201 g/mol. The third-order valence-electron chi connectivity index (χ3n) is 2.15. The van der Waals surface area contributed by atoms with Crippen LogP contribution >= 0.6 is 0 Å². The molecule has 1 aliphatic heterocycles. The average molecular weight is 219 g/mol. The Morgan fingerprint density at radius 3 is 2.60 bits per heavy atom. The van der Waals surface area contributed by atoms with Crippen molar-refractivity contribution in [1.82, 2.24) is 4.90 Å². The summed E-state index contributed by atoms with van der Waals surface area (Å²) >= 11 is 0. The van der Waals surface area contributed by atoms with E-state index in [0.29, 0.717) is 6.54 Å². The number of alkyl halides is 1. The Balaban J connectivity index is 2.48. The van der Waals surface area contributed by atoms with Gasteiger partial charge in [0, 0.05) is 6.54 Å². The fraction of sp³-hybridized carbons (Fsp3) is 0.900. The summed E-state index contributed by atoms with van der Waals surface area (Å²) in [6.07, 6.45) is -2.65. The molecule has 2 atom stereocenters. The number of ether oxygens (including phenoxy) is 1. The van der Waals surface area contributed by atoms with E-state index in [4.69, 9.17) is 4.74 Å². The van der Waals surface area contributed by atoms with Gasteiger partial charge in [-0.1, -0.05) is 0 Å². The van der Waals surface area contributed by atoms with Gasteiger partial charge in [-0.05, 0) is 27.2 Å². The quantitative estimate of drug-likeness (QED) is 0.668. The van der Waals surface area contributed by atoms with E-state index in [1.165, 1.54) is 4.90 Å². The van der Waals surface area contributed by atoms with E-state index in [-0.39, 0.29) is 13.0 Å². The Bertz CT molecular complexity index is 239. The van der Waals surface area contributed by atoms with Gasteiger partial charge < -0.3 is 14.7 Å². The number of likely N-dealkylation sites (tertiary alicyclic amines) is 1. The fourth-order valence-electron chi connectivity index (χ4n) is 1.40. The van der Waals surface area contributed by atoms with Gasteiger partial charge in [0.05, 0.1) is 6.54 Å². The van der Waals surface area contributed by atoms with E-state index in [1.54, 1.807) is 20.8 Å². The zero-order valence-electron chi connectivity index (χ0n) is 9.36. The summed E-state index contributed by atoms with van der Waals surface area (Å²) in [5.41, 5.74) is -0.561. The predicted molar refractivity (Wildman–Crippen MR) is 53.3 cm³/mol. The number of rotatable bonds is 0. The molecule has 0 radical (unpaired) electrons. The molecule has 0 unspecified atom stereocenters. The van der Waals surface area contributed by atoms with Crippen LogP contribution in [-0.4, -0.2) is 47.1 Å². The minimum atomic E-state index is -1.23. The van der Waals surface area contributed by atoms with Crippen molar-refractivity contribution < 1.29 is 19.0 Å². The minimum absolute atomic E-state index is 0.0100. The van der Waals surface area contributed by atoms with Gasteiger partial charge >= 0.3 is 6.09 Å². The first-order valence-electron chi connectivity index (χ1n) is 5.09. The van der Waals surface area contributed by atoms with Crippen molar-refractivity contribution in [3.8, 4) is 0 Å². The highest BCUT2D eigenvalue weighted by atomic mass is 19.1. The fourth-order valence-corrected chi connectivity index (χ4v) is 1.40. The number of piperidine rings is 1. The molecule has 1 heterocycles. The number of hydrogen-bond acceptors (Lipinski definition) is 3. The first-order valence-corrected chi connectivity index (χ1v) is 5.09. The molecule has 0 aromatic heterocycles. The smallest absolute Gasteiger partial charge is 0.410 e. The van der Waals surface area contributed by atoms with Crippen LogP contribution in [0.15, 0.2) is 0 Å². The van der Waals surface area contributed by atoms with E-state index >= 15 is 0 Å². The van der Waals surface area contributed by atoms with Crippen LogP contribution in [0.1, 0.15) is 27.2 Å². The molecule has 5 heteroatoms. The van der Waals surface area contributed by atoms with Crippen LogP contribution in [0.5, 0.6) is 0 Å². The standard InChI is InChI=1S/C10H18FNO3/c1-10(2,3)15-9(14)12-5-4-7(11)8(13)6-12/h7-8,13H,4-6H2,1-3H3/t7-,8-/m1/s1. The Morgan fingerprint density at radius 1 is 1.53 bits per heavy atom. The molecule has 15 heavy (non-hydrogen) atoms. The van der Waals surface area contributed by atoms with Gasteiger partial charge in [-0.15, -0.1) is 0 Å². The van der Waals surface area contributed by atoms with Gasteiger partial charge in [0.1, 0.15) is 17.9 Å². The van der Waals surface area contributed by atoms with Crippen molar-refractivity contribution in [3.63, 3.8) is 0 Å². The summed E-state index contributed by atoms with van der Waals surface area (Å²) in [6.45, 7) is 5.61. The highest BCUT2D eigenvalue weighted by molar-refractivity contribution is 5.68. The summed E-state index contributed by atoms with van der Waals surface area (Å²) in [7, 11) is 0. The van der Waals surface area contributed by atoms with E-state index in [0.717, 1.165) is 0 Å². The molecule has 4 nitrogen and oxygen atoms in total. The topological polar surface area (TPSA) is 49.8 Å².